The molecular weight excluding hydrogens is 278 g/mol. The van der Waals surface area contributed by atoms with Crippen molar-refractivity contribution in [3.8, 4) is 0 Å². The maximum absolute atomic E-state index is 12.4. The van der Waals surface area contributed by atoms with Gasteiger partial charge in [0.25, 0.3) is 0 Å². The molecule has 0 bridgehead atoms. The van der Waals surface area contributed by atoms with Crippen molar-refractivity contribution in [3.63, 3.8) is 0 Å². The van der Waals surface area contributed by atoms with Crippen LogP contribution in [0.5, 0.6) is 0 Å². The summed E-state index contributed by atoms with van der Waals surface area (Å²) in [6, 6.07) is 6.62. The molecule has 0 aliphatic carbocycles. The number of piperidine rings is 1. The van der Waals surface area contributed by atoms with Crippen molar-refractivity contribution in [3.05, 3.63) is 29.8 Å². The minimum Gasteiger partial charge on any atom is -0.390 e. The molecule has 20 heavy (non-hydrogen) atoms. The lowest BCUT2D eigenvalue weighted by Gasteiger charge is -2.36. The molecule has 1 aromatic rings. The van der Waals surface area contributed by atoms with Crippen LogP contribution in [0.4, 0.5) is 0 Å². The van der Waals surface area contributed by atoms with Crippen molar-refractivity contribution < 1.29 is 22.5 Å². The Morgan fingerprint density at radius 1 is 1.15 bits per heavy atom. The third-order valence-electron chi connectivity index (χ3n) is 3.70. The third kappa shape index (κ3) is 3.58. The van der Waals surface area contributed by atoms with Gasteiger partial charge < -0.3 is 5.11 Å². The largest absolute Gasteiger partial charge is 0.390 e. The summed E-state index contributed by atoms with van der Waals surface area (Å²) in [6.07, 6.45) is 2.92. The molecule has 5 nitrogen and oxygen atoms in total. The van der Waals surface area contributed by atoms with E-state index in [-0.39, 0.29) is 16.1 Å². The zero-order valence-corrected chi connectivity index (χ0v) is 12.6. The summed E-state index contributed by atoms with van der Waals surface area (Å²) in [5, 5.41) is 9.20. The van der Waals surface area contributed by atoms with E-state index in [0.717, 1.165) is 24.8 Å². The first-order valence-electron chi connectivity index (χ1n) is 6.97. The van der Waals surface area contributed by atoms with E-state index in [9.17, 15) is 13.5 Å². The SMILES string of the molecule is Cc1ccc(S(=O)(=O)O[N+]2(CCO)CCCCC2)cc1. The maximum Gasteiger partial charge on any atom is 0.342 e. The summed E-state index contributed by atoms with van der Waals surface area (Å²) in [4.78, 5) is 0.170. The van der Waals surface area contributed by atoms with Gasteiger partial charge in [-0.25, -0.2) is 0 Å². The number of nitrogens with zero attached hydrogens (tertiary/aromatic N) is 1. The summed E-state index contributed by atoms with van der Waals surface area (Å²) in [7, 11) is -3.80. The van der Waals surface area contributed by atoms with Gasteiger partial charge in [-0.05, 0) is 38.3 Å². The predicted molar refractivity (Wildman–Crippen MR) is 75.2 cm³/mol. The molecule has 1 fully saturated rings. The Balaban J connectivity index is 2.22. The lowest BCUT2D eigenvalue weighted by molar-refractivity contribution is -1.08. The second-order valence-electron chi connectivity index (χ2n) is 5.35. The molecule has 0 atom stereocenters. The monoisotopic (exact) mass is 300 g/mol. The van der Waals surface area contributed by atoms with Crippen molar-refractivity contribution in [1.29, 1.82) is 0 Å². The Morgan fingerprint density at radius 2 is 1.75 bits per heavy atom. The molecule has 1 N–H and O–H groups in total. The average Bonchev–Trinajstić information content (AvgIpc) is 2.39. The van der Waals surface area contributed by atoms with E-state index in [0.29, 0.717) is 19.6 Å². The normalized spacial score (nSPS) is 18.9. The summed E-state index contributed by atoms with van der Waals surface area (Å²) in [5.41, 5.74) is 1.00. The third-order valence-corrected chi connectivity index (χ3v) is 5.07. The fourth-order valence-electron chi connectivity index (χ4n) is 2.56. The Hall–Kier alpha value is -0.950. The van der Waals surface area contributed by atoms with Gasteiger partial charge in [0.15, 0.2) is 0 Å². The van der Waals surface area contributed by atoms with Crippen molar-refractivity contribution in [2.24, 2.45) is 0 Å². The molecule has 1 saturated heterocycles. The van der Waals surface area contributed by atoms with Crippen LogP contribution < -0.4 is 0 Å². The molecule has 1 aliphatic heterocycles. The standard InChI is InChI=1S/C14H22NO4S/c1-13-5-7-14(8-6-13)20(17,18)19-15(11-12-16)9-3-2-4-10-15/h5-8,16H,2-4,9-12H2,1H3/q+1. The summed E-state index contributed by atoms with van der Waals surface area (Å²) < 4.78 is 30.2. The summed E-state index contributed by atoms with van der Waals surface area (Å²) >= 11 is 0. The number of hydrogen-bond donors (Lipinski definition) is 1. The molecule has 1 aliphatic rings. The first kappa shape index (κ1) is 15.4. The van der Waals surface area contributed by atoms with E-state index in [1.807, 2.05) is 6.92 Å². The highest BCUT2D eigenvalue weighted by Gasteiger charge is 2.38. The number of quaternary nitrogens is 1. The number of aliphatic hydroxyl groups excluding tert-OH is 1. The van der Waals surface area contributed by atoms with Gasteiger partial charge >= 0.3 is 10.1 Å². The van der Waals surface area contributed by atoms with Gasteiger partial charge in [0.2, 0.25) is 0 Å². The van der Waals surface area contributed by atoms with Crippen molar-refractivity contribution >= 4 is 10.1 Å². The molecule has 1 heterocycles. The number of benzene rings is 1. The first-order valence-corrected chi connectivity index (χ1v) is 8.38. The van der Waals surface area contributed by atoms with E-state index >= 15 is 0 Å². The molecule has 1 aromatic carbocycles. The molecule has 2 rings (SSSR count). The van der Waals surface area contributed by atoms with Crippen LogP contribution in [-0.4, -0.2) is 44.4 Å². The molecule has 0 aromatic heterocycles. The van der Waals surface area contributed by atoms with E-state index in [1.54, 1.807) is 24.3 Å². The molecule has 112 valence electrons. The fourth-order valence-corrected chi connectivity index (χ4v) is 3.76. The van der Waals surface area contributed by atoms with Gasteiger partial charge in [-0.2, -0.15) is 13.1 Å². The van der Waals surface area contributed by atoms with Gasteiger partial charge in [-0.1, -0.05) is 22.0 Å². The maximum atomic E-state index is 12.4. The quantitative estimate of drug-likeness (QED) is 0.839. The van der Waals surface area contributed by atoms with Gasteiger partial charge in [0.1, 0.15) is 19.6 Å². The predicted octanol–water partition coefficient (Wildman–Crippen LogP) is 1.61. The van der Waals surface area contributed by atoms with Gasteiger partial charge in [0.05, 0.1) is 11.5 Å². The van der Waals surface area contributed by atoms with Crippen LogP contribution in [0.2, 0.25) is 0 Å². The lowest BCUT2D eigenvalue weighted by atomic mass is 10.1. The van der Waals surface area contributed by atoms with E-state index in [1.165, 1.54) is 0 Å². The number of aliphatic hydroxyl groups is 1. The highest BCUT2D eigenvalue weighted by atomic mass is 32.2. The Bertz CT molecular complexity index is 527. The second-order valence-corrected chi connectivity index (χ2v) is 6.88. The second kappa shape index (κ2) is 6.22. The molecule has 0 unspecified atom stereocenters. The topological polar surface area (TPSA) is 63.6 Å². The smallest absolute Gasteiger partial charge is 0.342 e. The Kier molecular flexibility index (Phi) is 4.80. The Morgan fingerprint density at radius 3 is 2.30 bits per heavy atom. The molecular formula is C14H22NO4S+. The van der Waals surface area contributed by atoms with Crippen LogP contribution in [0.25, 0.3) is 0 Å². The van der Waals surface area contributed by atoms with Crippen LogP contribution in [0.1, 0.15) is 24.8 Å². The van der Waals surface area contributed by atoms with Crippen molar-refractivity contribution in [2.45, 2.75) is 31.1 Å². The first-order chi connectivity index (χ1) is 9.47. The number of rotatable bonds is 5. The molecule has 0 spiro atoms. The van der Waals surface area contributed by atoms with Gasteiger partial charge in [-0.15, -0.1) is 0 Å². The zero-order valence-electron chi connectivity index (χ0n) is 11.8. The van der Waals surface area contributed by atoms with Crippen LogP contribution >= 0.6 is 0 Å². The molecule has 0 amide bonds. The van der Waals surface area contributed by atoms with Gasteiger partial charge in [0, 0.05) is 0 Å². The molecule has 6 heteroatoms. The number of hydrogen-bond acceptors (Lipinski definition) is 4. The zero-order chi connectivity index (χ0) is 14.6. The van der Waals surface area contributed by atoms with Crippen molar-refractivity contribution in [1.82, 2.24) is 0 Å². The minimum atomic E-state index is -3.80. The molecule has 0 radical (unpaired) electrons. The highest BCUT2D eigenvalue weighted by molar-refractivity contribution is 7.86. The molecule has 0 saturated carbocycles. The van der Waals surface area contributed by atoms with Crippen molar-refractivity contribution in [2.75, 3.05) is 26.2 Å². The number of aryl methyl sites for hydroxylation is 1. The van der Waals surface area contributed by atoms with E-state index < -0.39 is 10.1 Å². The number of likely N-dealkylation sites (tertiary alicyclic amines) is 1. The fraction of sp³-hybridized carbons (Fsp3) is 0.571. The van der Waals surface area contributed by atoms with Crippen LogP contribution in [0.15, 0.2) is 29.2 Å². The van der Waals surface area contributed by atoms with E-state index in [4.69, 9.17) is 4.28 Å². The van der Waals surface area contributed by atoms with Crippen LogP contribution in [0.3, 0.4) is 0 Å². The Labute approximate surface area is 120 Å². The number of hydroxylamine groups is 3. The van der Waals surface area contributed by atoms with Gasteiger partial charge in [-0.3, -0.25) is 0 Å². The van der Waals surface area contributed by atoms with Crippen LogP contribution in [-0.2, 0) is 14.4 Å². The average molecular weight is 300 g/mol. The lowest BCUT2D eigenvalue weighted by Crippen LogP contribution is -2.53. The minimum absolute atomic E-state index is 0.00666. The highest BCUT2D eigenvalue weighted by Crippen LogP contribution is 2.24. The summed E-state index contributed by atoms with van der Waals surface area (Å²) in [5.74, 6) is 0. The summed E-state index contributed by atoms with van der Waals surface area (Å²) in [6.45, 7) is 3.40. The van der Waals surface area contributed by atoms with Crippen LogP contribution in [0, 0.1) is 6.92 Å². The van der Waals surface area contributed by atoms with E-state index in [2.05, 4.69) is 0 Å².